The number of benzene rings is 2. The average Bonchev–Trinajstić information content (AvgIpc) is 2.83. The van der Waals surface area contributed by atoms with E-state index in [2.05, 4.69) is 10.6 Å². The van der Waals surface area contributed by atoms with Gasteiger partial charge in [0.1, 0.15) is 5.70 Å². The standard InChI is InChI=1S/C17H13ClN2O2S/c1-23-13-8-6-12(7-9-13)19-15-14(16(21)20-17(15)22)10-2-4-11(18)5-3-10/h2-9H,1H3,(H2,19,20,21,22). The maximum absolute atomic E-state index is 12.1. The lowest BCUT2D eigenvalue weighted by Crippen LogP contribution is -2.24. The molecule has 0 fully saturated rings. The molecule has 116 valence electrons. The van der Waals surface area contributed by atoms with E-state index in [1.165, 1.54) is 0 Å². The minimum absolute atomic E-state index is 0.245. The smallest absolute Gasteiger partial charge is 0.275 e. The van der Waals surface area contributed by atoms with Crippen molar-refractivity contribution in [3.8, 4) is 0 Å². The van der Waals surface area contributed by atoms with Crippen molar-refractivity contribution in [3.63, 3.8) is 0 Å². The van der Waals surface area contributed by atoms with Gasteiger partial charge < -0.3 is 5.32 Å². The molecule has 4 nitrogen and oxygen atoms in total. The number of anilines is 1. The minimum atomic E-state index is -0.436. The van der Waals surface area contributed by atoms with Crippen LogP contribution in [0.3, 0.4) is 0 Å². The number of imide groups is 1. The highest BCUT2D eigenvalue weighted by Gasteiger charge is 2.31. The minimum Gasteiger partial charge on any atom is -0.350 e. The third-order valence-electron chi connectivity index (χ3n) is 3.42. The van der Waals surface area contributed by atoms with Crippen LogP contribution >= 0.6 is 23.4 Å². The summed E-state index contributed by atoms with van der Waals surface area (Å²) >= 11 is 7.51. The highest BCUT2D eigenvalue weighted by molar-refractivity contribution is 7.98. The van der Waals surface area contributed by atoms with Crippen molar-refractivity contribution in [2.75, 3.05) is 11.6 Å². The van der Waals surface area contributed by atoms with Gasteiger partial charge in [0.2, 0.25) is 0 Å². The molecule has 0 aromatic heterocycles. The van der Waals surface area contributed by atoms with Gasteiger partial charge in [0.25, 0.3) is 11.8 Å². The molecule has 0 saturated carbocycles. The van der Waals surface area contributed by atoms with Gasteiger partial charge in [0.15, 0.2) is 0 Å². The fraction of sp³-hybridized carbons (Fsp3) is 0.0588. The van der Waals surface area contributed by atoms with Crippen LogP contribution in [0.1, 0.15) is 5.56 Å². The molecule has 0 saturated heterocycles. The lowest BCUT2D eigenvalue weighted by molar-refractivity contribution is -0.123. The van der Waals surface area contributed by atoms with Crippen molar-refractivity contribution in [1.82, 2.24) is 5.32 Å². The number of hydrogen-bond acceptors (Lipinski definition) is 4. The first-order valence-electron chi connectivity index (χ1n) is 6.85. The quantitative estimate of drug-likeness (QED) is 0.658. The Balaban J connectivity index is 1.98. The van der Waals surface area contributed by atoms with E-state index in [4.69, 9.17) is 11.6 Å². The van der Waals surface area contributed by atoms with Gasteiger partial charge in [-0.05, 0) is 48.2 Å². The van der Waals surface area contributed by atoms with E-state index in [-0.39, 0.29) is 5.70 Å². The normalized spacial score (nSPS) is 14.2. The molecule has 2 aromatic carbocycles. The lowest BCUT2D eigenvalue weighted by atomic mass is 10.0. The Kier molecular flexibility index (Phi) is 4.41. The molecule has 0 atom stereocenters. The average molecular weight is 345 g/mol. The molecule has 23 heavy (non-hydrogen) atoms. The van der Waals surface area contributed by atoms with Gasteiger partial charge in [-0.2, -0.15) is 0 Å². The number of amides is 2. The number of halogens is 1. The highest BCUT2D eigenvalue weighted by atomic mass is 35.5. The Morgan fingerprint density at radius 2 is 1.61 bits per heavy atom. The van der Waals surface area contributed by atoms with E-state index in [1.807, 2.05) is 30.5 Å². The largest absolute Gasteiger partial charge is 0.350 e. The van der Waals surface area contributed by atoms with Crippen LogP contribution in [0.25, 0.3) is 5.57 Å². The van der Waals surface area contributed by atoms with Gasteiger partial charge in [-0.1, -0.05) is 23.7 Å². The van der Waals surface area contributed by atoms with E-state index in [0.717, 1.165) is 10.6 Å². The van der Waals surface area contributed by atoms with E-state index in [1.54, 1.807) is 36.0 Å². The first-order valence-corrected chi connectivity index (χ1v) is 8.46. The Labute approximate surface area is 142 Å². The third-order valence-corrected chi connectivity index (χ3v) is 4.42. The summed E-state index contributed by atoms with van der Waals surface area (Å²) in [6, 6.07) is 14.4. The fourth-order valence-electron chi connectivity index (χ4n) is 2.29. The van der Waals surface area contributed by atoms with Gasteiger partial charge in [0, 0.05) is 15.6 Å². The molecular formula is C17H13ClN2O2S. The Morgan fingerprint density at radius 1 is 0.957 bits per heavy atom. The molecule has 2 amide bonds. The van der Waals surface area contributed by atoms with Gasteiger partial charge in [-0.3, -0.25) is 14.9 Å². The zero-order valence-corrected chi connectivity index (χ0v) is 13.8. The summed E-state index contributed by atoms with van der Waals surface area (Å²) in [6.45, 7) is 0. The van der Waals surface area contributed by atoms with E-state index < -0.39 is 11.8 Å². The first-order chi connectivity index (χ1) is 11.1. The highest BCUT2D eigenvalue weighted by Crippen LogP contribution is 2.27. The van der Waals surface area contributed by atoms with E-state index >= 15 is 0 Å². The SMILES string of the molecule is CSc1ccc(NC2=C(c3ccc(Cl)cc3)C(=O)NC2=O)cc1. The molecule has 1 aliphatic heterocycles. The molecule has 0 aliphatic carbocycles. The molecule has 6 heteroatoms. The zero-order valence-electron chi connectivity index (χ0n) is 12.2. The van der Waals surface area contributed by atoms with Crippen molar-refractivity contribution in [3.05, 3.63) is 64.8 Å². The molecular weight excluding hydrogens is 332 g/mol. The lowest BCUT2D eigenvalue weighted by Gasteiger charge is -2.08. The Bertz CT molecular complexity index is 798. The molecule has 1 heterocycles. The second-order valence-electron chi connectivity index (χ2n) is 4.89. The molecule has 0 spiro atoms. The van der Waals surface area contributed by atoms with Gasteiger partial charge in [-0.15, -0.1) is 11.8 Å². The Hall–Kier alpha value is -2.24. The molecule has 2 N–H and O–H groups in total. The predicted octanol–water partition coefficient (Wildman–Crippen LogP) is 3.54. The van der Waals surface area contributed by atoms with Crippen LogP contribution in [0.15, 0.2) is 59.1 Å². The topological polar surface area (TPSA) is 58.2 Å². The van der Waals surface area contributed by atoms with E-state index in [0.29, 0.717) is 16.2 Å². The van der Waals surface area contributed by atoms with Crippen LogP contribution in [-0.2, 0) is 9.59 Å². The number of hydrogen-bond donors (Lipinski definition) is 2. The molecule has 2 aromatic rings. The zero-order chi connectivity index (χ0) is 16.4. The second kappa shape index (κ2) is 6.48. The maximum atomic E-state index is 12.1. The number of nitrogens with one attached hydrogen (secondary N) is 2. The molecule has 0 radical (unpaired) electrons. The summed E-state index contributed by atoms with van der Waals surface area (Å²) < 4.78 is 0. The second-order valence-corrected chi connectivity index (χ2v) is 6.21. The monoisotopic (exact) mass is 344 g/mol. The summed E-state index contributed by atoms with van der Waals surface area (Å²) in [5.41, 5.74) is 1.95. The van der Waals surface area contributed by atoms with Gasteiger partial charge in [-0.25, -0.2) is 0 Å². The van der Waals surface area contributed by atoms with Crippen LogP contribution in [0.4, 0.5) is 5.69 Å². The van der Waals surface area contributed by atoms with Crippen molar-refractivity contribution in [1.29, 1.82) is 0 Å². The van der Waals surface area contributed by atoms with Crippen molar-refractivity contribution >= 4 is 46.4 Å². The number of carbonyl (C=O) groups is 2. The van der Waals surface area contributed by atoms with Crippen molar-refractivity contribution in [2.45, 2.75) is 4.90 Å². The van der Waals surface area contributed by atoms with Crippen LogP contribution in [0.2, 0.25) is 5.02 Å². The molecule has 0 unspecified atom stereocenters. The van der Waals surface area contributed by atoms with Crippen molar-refractivity contribution in [2.24, 2.45) is 0 Å². The Morgan fingerprint density at radius 3 is 2.22 bits per heavy atom. The number of thioether (sulfide) groups is 1. The number of rotatable bonds is 4. The van der Waals surface area contributed by atoms with Crippen LogP contribution in [-0.4, -0.2) is 18.1 Å². The maximum Gasteiger partial charge on any atom is 0.275 e. The van der Waals surface area contributed by atoms with Gasteiger partial charge in [0.05, 0.1) is 5.57 Å². The summed E-state index contributed by atoms with van der Waals surface area (Å²) in [7, 11) is 0. The fourth-order valence-corrected chi connectivity index (χ4v) is 2.82. The third kappa shape index (κ3) is 3.25. The van der Waals surface area contributed by atoms with Gasteiger partial charge >= 0.3 is 0 Å². The summed E-state index contributed by atoms with van der Waals surface area (Å²) in [5.74, 6) is -0.852. The van der Waals surface area contributed by atoms with Crippen LogP contribution in [0, 0.1) is 0 Å². The summed E-state index contributed by atoms with van der Waals surface area (Å²) in [4.78, 5) is 25.3. The first kappa shape index (κ1) is 15.6. The number of carbonyl (C=O) groups excluding carboxylic acids is 2. The van der Waals surface area contributed by atoms with Crippen LogP contribution in [0.5, 0.6) is 0 Å². The predicted molar refractivity (Wildman–Crippen MR) is 93.4 cm³/mol. The summed E-state index contributed by atoms with van der Waals surface area (Å²) in [6.07, 6.45) is 1.99. The molecule has 3 rings (SSSR count). The van der Waals surface area contributed by atoms with E-state index in [9.17, 15) is 9.59 Å². The molecule has 0 bridgehead atoms. The molecule has 1 aliphatic rings. The van der Waals surface area contributed by atoms with Crippen LogP contribution < -0.4 is 10.6 Å². The summed E-state index contributed by atoms with van der Waals surface area (Å²) in [5, 5.41) is 5.93. The van der Waals surface area contributed by atoms with Crippen molar-refractivity contribution < 1.29 is 9.59 Å².